The quantitative estimate of drug-likeness (QED) is 0.528. The summed E-state index contributed by atoms with van der Waals surface area (Å²) in [5, 5.41) is 0. The minimum atomic E-state index is -0.443. The fourth-order valence-corrected chi connectivity index (χ4v) is 4.60. The van der Waals surface area contributed by atoms with Gasteiger partial charge in [0, 0.05) is 75.2 Å². The van der Waals surface area contributed by atoms with E-state index in [2.05, 4.69) is 55.2 Å². The van der Waals surface area contributed by atoms with E-state index in [0.29, 0.717) is 12.5 Å². The Morgan fingerprint density at radius 3 is 2.08 bits per heavy atom. The molecular formula is C28H36N6O2. The summed E-state index contributed by atoms with van der Waals surface area (Å²) in [6.45, 7) is 10.3. The third-order valence-electron chi connectivity index (χ3n) is 6.36. The molecule has 190 valence electrons. The zero-order valence-electron chi connectivity index (χ0n) is 21.5. The van der Waals surface area contributed by atoms with Crippen LogP contribution in [0, 0.1) is 0 Å². The highest BCUT2D eigenvalue weighted by molar-refractivity contribution is 5.68. The average Bonchev–Trinajstić information content (AvgIpc) is 3.56. The Hall–Kier alpha value is -3.39. The number of carbonyl (C=O) groups excluding carboxylic acids is 1. The van der Waals surface area contributed by atoms with Crippen molar-refractivity contribution >= 4 is 6.09 Å². The molecule has 2 unspecified atom stereocenters. The molecule has 2 fully saturated rings. The maximum absolute atomic E-state index is 11.9. The van der Waals surface area contributed by atoms with Crippen LogP contribution in [0.2, 0.25) is 0 Å². The third kappa shape index (κ3) is 7.55. The minimum Gasteiger partial charge on any atom is -0.444 e. The first-order chi connectivity index (χ1) is 17.4. The van der Waals surface area contributed by atoms with Gasteiger partial charge in [-0.3, -0.25) is 24.8 Å². The van der Waals surface area contributed by atoms with Gasteiger partial charge in [0.05, 0.1) is 11.4 Å². The summed E-state index contributed by atoms with van der Waals surface area (Å²) in [6, 6.07) is 10.7. The number of amides is 1. The highest BCUT2D eigenvalue weighted by Gasteiger charge is 2.31. The van der Waals surface area contributed by atoms with Gasteiger partial charge in [-0.2, -0.15) is 0 Å². The maximum atomic E-state index is 11.9. The van der Waals surface area contributed by atoms with Crippen molar-refractivity contribution in [3.8, 4) is 0 Å². The van der Waals surface area contributed by atoms with E-state index in [1.54, 1.807) is 35.9 Å². The topological polar surface area (TPSA) is 84.3 Å². The molecule has 36 heavy (non-hydrogen) atoms. The first-order valence-corrected chi connectivity index (χ1v) is 12.6. The van der Waals surface area contributed by atoms with E-state index in [1.807, 2.05) is 27.0 Å². The first-order valence-electron chi connectivity index (χ1n) is 12.6. The first kappa shape index (κ1) is 25.7. The Morgan fingerprint density at radius 2 is 1.50 bits per heavy atom. The van der Waals surface area contributed by atoms with Crippen molar-refractivity contribution in [2.75, 3.05) is 26.2 Å². The molecule has 1 aromatic carbocycles. The predicted octanol–water partition coefficient (Wildman–Crippen LogP) is 4.67. The summed E-state index contributed by atoms with van der Waals surface area (Å²) in [7, 11) is 0. The molecule has 5 rings (SSSR count). The van der Waals surface area contributed by atoms with Crippen LogP contribution in [0.25, 0.3) is 0 Å². The van der Waals surface area contributed by atoms with Crippen LogP contribution in [0.1, 0.15) is 62.4 Å². The number of hydrogen-bond donors (Lipinski definition) is 0. The van der Waals surface area contributed by atoms with Gasteiger partial charge in [0.25, 0.3) is 0 Å². The molecule has 0 saturated carbocycles. The molecular weight excluding hydrogens is 452 g/mol. The van der Waals surface area contributed by atoms with Gasteiger partial charge in [-0.1, -0.05) is 30.3 Å². The number of aromatic nitrogens is 4. The third-order valence-corrected chi connectivity index (χ3v) is 6.36. The van der Waals surface area contributed by atoms with Gasteiger partial charge in [-0.05, 0) is 45.7 Å². The van der Waals surface area contributed by atoms with Gasteiger partial charge in [-0.15, -0.1) is 0 Å². The zero-order valence-corrected chi connectivity index (χ0v) is 21.5. The molecule has 0 radical (unpaired) electrons. The molecule has 0 bridgehead atoms. The number of benzene rings is 1. The van der Waals surface area contributed by atoms with E-state index in [4.69, 9.17) is 4.74 Å². The Labute approximate surface area is 213 Å². The van der Waals surface area contributed by atoms with Crippen molar-refractivity contribution < 1.29 is 9.53 Å². The van der Waals surface area contributed by atoms with Crippen molar-refractivity contribution in [3.05, 3.63) is 84.5 Å². The largest absolute Gasteiger partial charge is 0.444 e. The molecule has 2 atom stereocenters. The van der Waals surface area contributed by atoms with Crippen LogP contribution in [-0.2, 0) is 11.3 Å². The van der Waals surface area contributed by atoms with E-state index in [-0.39, 0.29) is 12.0 Å². The summed E-state index contributed by atoms with van der Waals surface area (Å²) in [6.07, 6.45) is 12.4. The van der Waals surface area contributed by atoms with E-state index in [1.165, 1.54) is 12.0 Å². The van der Waals surface area contributed by atoms with E-state index < -0.39 is 5.60 Å². The predicted molar refractivity (Wildman–Crippen MR) is 138 cm³/mol. The van der Waals surface area contributed by atoms with E-state index in [0.717, 1.165) is 44.0 Å². The summed E-state index contributed by atoms with van der Waals surface area (Å²) < 4.78 is 5.36. The molecule has 8 nitrogen and oxygen atoms in total. The monoisotopic (exact) mass is 488 g/mol. The Balaban J connectivity index is 0.000000169. The van der Waals surface area contributed by atoms with Crippen LogP contribution in [0.15, 0.2) is 67.5 Å². The van der Waals surface area contributed by atoms with Crippen molar-refractivity contribution in [1.29, 1.82) is 0 Å². The molecule has 2 aromatic heterocycles. The number of ether oxygens (including phenoxy) is 1. The zero-order chi connectivity index (χ0) is 25.4. The summed E-state index contributed by atoms with van der Waals surface area (Å²) in [5.74, 6) is 0.814. The van der Waals surface area contributed by atoms with Crippen molar-refractivity contribution in [1.82, 2.24) is 29.7 Å². The molecule has 3 aromatic rings. The normalized spacial score (nSPS) is 20.0. The fraction of sp³-hybridized carbons (Fsp3) is 0.464. The highest BCUT2D eigenvalue weighted by atomic mass is 16.6. The van der Waals surface area contributed by atoms with Gasteiger partial charge in [0.2, 0.25) is 0 Å². The number of hydrogen-bond acceptors (Lipinski definition) is 7. The second-order valence-electron chi connectivity index (χ2n) is 10.4. The minimum absolute atomic E-state index is 0.242. The summed E-state index contributed by atoms with van der Waals surface area (Å²) in [5.41, 5.74) is 3.02. The van der Waals surface area contributed by atoms with Gasteiger partial charge in [-0.25, -0.2) is 4.79 Å². The summed E-state index contributed by atoms with van der Waals surface area (Å²) in [4.78, 5) is 33.1. The number of rotatable bonds is 4. The SMILES string of the molecule is CC(C)(C)OC(=O)N1CCC(c2cnccn2)C1.c1ccc(CN2CCC(c3cnccn3)C2)cc1. The second kappa shape index (κ2) is 12.0. The second-order valence-corrected chi connectivity index (χ2v) is 10.4. The Kier molecular flexibility index (Phi) is 8.59. The Morgan fingerprint density at radius 1 is 0.889 bits per heavy atom. The van der Waals surface area contributed by atoms with Crippen LogP contribution < -0.4 is 0 Å². The molecule has 8 heteroatoms. The number of carbonyl (C=O) groups is 1. The highest BCUT2D eigenvalue weighted by Crippen LogP contribution is 2.27. The van der Waals surface area contributed by atoms with E-state index in [9.17, 15) is 4.79 Å². The number of nitrogens with zero attached hydrogens (tertiary/aromatic N) is 6. The van der Waals surface area contributed by atoms with Crippen LogP contribution in [0.5, 0.6) is 0 Å². The van der Waals surface area contributed by atoms with Crippen LogP contribution in [0.3, 0.4) is 0 Å². The van der Waals surface area contributed by atoms with Crippen molar-refractivity contribution in [2.45, 2.75) is 57.6 Å². The lowest BCUT2D eigenvalue weighted by molar-refractivity contribution is 0.0292. The molecule has 2 aliphatic rings. The van der Waals surface area contributed by atoms with Gasteiger partial charge < -0.3 is 9.64 Å². The molecule has 0 spiro atoms. The van der Waals surface area contributed by atoms with Crippen LogP contribution in [0.4, 0.5) is 4.79 Å². The van der Waals surface area contributed by atoms with Gasteiger partial charge in [0.1, 0.15) is 5.60 Å². The molecule has 2 saturated heterocycles. The lowest BCUT2D eigenvalue weighted by Crippen LogP contribution is -2.35. The Bertz CT molecular complexity index is 1080. The fourth-order valence-electron chi connectivity index (χ4n) is 4.60. The van der Waals surface area contributed by atoms with Gasteiger partial charge in [0.15, 0.2) is 0 Å². The smallest absolute Gasteiger partial charge is 0.410 e. The molecule has 4 heterocycles. The maximum Gasteiger partial charge on any atom is 0.410 e. The molecule has 2 aliphatic heterocycles. The van der Waals surface area contributed by atoms with Crippen LogP contribution >= 0.6 is 0 Å². The van der Waals surface area contributed by atoms with Crippen LogP contribution in [-0.4, -0.2) is 67.6 Å². The van der Waals surface area contributed by atoms with Crippen molar-refractivity contribution in [3.63, 3.8) is 0 Å². The summed E-state index contributed by atoms with van der Waals surface area (Å²) >= 11 is 0. The lowest BCUT2D eigenvalue weighted by atomic mass is 10.1. The van der Waals surface area contributed by atoms with Crippen molar-refractivity contribution in [2.24, 2.45) is 0 Å². The van der Waals surface area contributed by atoms with E-state index >= 15 is 0 Å². The average molecular weight is 489 g/mol. The molecule has 0 aliphatic carbocycles. The number of likely N-dealkylation sites (tertiary alicyclic amines) is 2. The molecule has 1 amide bonds. The lowest BCUT2D eigenvalue weighted by Gasteiger charge is -2.24. The molecule has 0 N–H and O–H groups in total. The van der Waals surface area contributed by atoms with Gasteiger partial charge >= 0.3 is 6.09 Å². The standard InChI is InChI=1S/C15H17N3.C13H19N3O2/c1-2-4-13(5-3-1)11-18-9-6-14(12-18)15-10-16-7-8-17-15;1-13(2,3)18-12(17)16-7-4-10(9-16)11-8-14-5-6-15-11/h1-5,7-8,10,14H,6,9,11-12H2;5-6,8,10H,4,7,9H2,1-3H3.